The van der Waals surface area contributed by atoms with Crippen LogP contribution in [0.1, 0.15) is 92.9 Å². The summed E-state index contributed by atoms with van der Waals surface area (Å²) in [5.74, 6) is -0.650. The number of aliphatic hydroxyl groups is 2. The summed E-state index contributed by atoms with van der Waals surface area (Å²) in [4.78, 5) is 30.5. The van der Waals surface area contributed by atoms with Gasteiger partial charge in [-0.2, -0.15) is 0 Å². The SMILES string of the molecule is [C-]#[N+]C1=C(O)[C@@](C)(O)[C@@H]2CC[C@]3(C)C(=CC(=O)[C@@H]4[C@@H]5CC(C)(C)CC[C@]5(NC(=O)OC)CC[C@]43C)[C@@]2(C)C1. The van der Waals surface area contributed by atoms with Gasteiger partial charge in [0.2, 0.25) is 5.70 Å². The number of methoxy groups -OCH3 is 1. The predicted octanol–water partition coefficient (Wildman–Crippen LogP) is 6.10. The normalized spacial score (nSPS) is 47.4. The van der Waals surface area contributed by atoms with Crippen LogP contribution in [0.25, 0.3) is 4.85 Å². The lowest BCUT2D eigenvalue weighted by molar-refractivity contribution is -0.166. The predicted molar refractivity (Wildman–Crippen MR) is 144 cm³/mol. The van der Waals surface area contributed by atoms with Crippen molar-refractivity contribution in [3.8, 4) is 0 Å². The van der Waals surface area contributed by atoms with Crippen molar-refractivity contribution in [1.82, 2.24) is 5.32 Å². The van der Waals surface area contributed by atoms with Crippen molar-refractivity contribution >= 4 is 11.9 Å². The van der Waals surface area contributed by atoms with E-state index in [2.05, 4.69) is 44.8 Å². The number of nitrogens with zero attached hydrogens (tertiary/aromatic N) is 1. The average Bonchev–Trinajstić information content (AvgIpc) is 2.83. The van der Waals surface area contributed by atoms with Crippen molar-refractivity contribution in [3.63, 3.8) is 0 Å². The third kappa shape index (κ3) is 3.34. The fourth-order valence-electron chi connectivity index (χ4n) is 10.0. The number of aliphatic hydroxyl groups excluding tert-OH is 1. The van der Waals surface area contributed by atoms with Crippen LogP contribution in [0, 0.1) is 46.0 Å². The van der Waals surface area contributed by atoms with E-state index in [1.807, 2.05) is 6.08 Å². The van der Waals surface area contributed by atoms with Gasteiger partial charge in [-0.25, -0.2) is 9.64 Å². The molecule has 0 aromatic carbocycles. The fraction of sp³-hybridized carbons (Fsp3) is 0.774. The summed E-state index contributed by atoms with van der Waals surface area (Å²) in [5, 5.41) is 25.5. The third-order valence-corrected chi connectivity index (χ3v) is 12.3. The number of carbonyl (C=O) groups excluding carboxylic acids is 2. The van der Waals surface area contributed by atoms with Crippen molar-refractivity contribution in [3.05, 3.63) is 34.5 Å². The Morgan fingerprint density at radius 2 is 1.76 bits per heavy atom. The molecule has 208 valence electrons. The summed E-state index contributed by atoms with van der Waals surface area (Å²) >= 11 is 0. The van der Waals surface area contributed by atoms with Gasteiger partial charge in [-0.05, 0) is 91.9 Å². The van der Waals surface area contributed by atoms with E-state index in [4.69, 9.17) is 11.3 Å². The molecule has 7 nitrogen and oxygen atoms in total. The summed E-state index contributed by atoms with van der Waals surface area (Å²) in [7, 11) is 1.39. The maximum atomic E-state index is 14.4. The first-order chi connectivity index (χ1) is 17.5. The van der Waals surface area contributed by atoms with Crippen LogP contribution in [0.5, 0.6) is 0 Å². The van der Waals surface area contributed by atoms with E-state index in [1.165, 1.54) is 7.11 Å². The number of hydrogen-bond donors (Lipinski definition) is 3. The van der Waals surface area contributed by atoms with Crippen LogP contribution >= 0.6 is 0 Å². The van der Waals surface area contributed by atoms with Gasteiger partial charge in [0.25, 0.3) is 0 Å². The monoisotopic (exact) mass is 524 g/mol. The van der Waals surface area contributed by atoms with E-state index in [0.29, 0.717) is 12.8 Å². The zero-order valence-corrected chi connectivity index (χ0v) is 24.0. The van der Waals surface area contributed by atoms with Gasteiger partial charge in [-0.1, -0.05) is 40.2 Å². The second-order valence-electron chi connectivity index (χ2n) is 14.7. The molecular formula is C31H44N2O5. The van der Waals surface area contributed by atoms with Gasteiger partial charge in [0.1, 0.15) is 11.4 Å². The van der Waals surface area contributed by atoms with Crippen LogP contribution in [0.15, 0.2) is 23.1 Å². The first-order valence-corrected chi connectivity index (χ1v) is 14.2. The smallest absolute Gasteiger partial charge is 0.407 e. The molecule has 7 heteroatoms. The number of rotatable bonds is 1. The standard InChI is InChI=1S/C31H44N2O5/c1-26(2)11-13-31(33-25(36)38-8)14-12-29(5)23(18(31)16-26)20(34)15-22-27(3)17-19(32-7)24(35)30(6,37)21(27)9-10-28(22,29)4/h15,18,21,23,35,37H,9-14,16-17H2,1-6,8H3,(H,33,36)/t18-,21+,23-,27-,28+,29+,30-,31-/m0/s1. The number of ether oxygens (including phenoxy) is 1. The van der Waals surface area contributed by atoms with Gasteiger partial charge in [-0.15, -0.1) is 0 Å². The van der Waals surface area contributed by atoms with Crippen LogP contribution < -0.4 is 5.32 Å². The lowest BCUT2D eigenvalue weighted by Gasteiger charge is -2.69. The van der Waals surface area contributed by atoms with Crippen molar-refractivity contribution in [2.24, 2.45) is 39.4 Å². The van der Waals surface area contributed by atoms with Crippen LogP contribution in [0.3, 0.4) is 0 Å². The van der Waals surface area contributed by atoms with E-state index in [9.17, 15) is 19.8 Å². The minimum Gasteiger partial charge on any atom is -0.521 e. The molecular weight excluding hydrogens is 480 g/mol. The Hall–Kier alpha value is -2.33. The molecule has 0 bridgehead atoms. The van der Waals surface area contributed by atoms with E-state index in [1.54, 1.807) is 6.92 Å². The van der Waals surface area contributed by atoms with E-state index >= 15 is 0 Å². The van der Waals surface area contributed by atoms with E-state index in [0.717, 1.165) is 44.1 Å². The molecule has 0 aromatic rings. The quantitative estimate of drug-likeness (QED) is 0.360. The number of hydrogen-bond acceptors (Lipinski definition) is 5. The number of allylic oxidation sites excluding steroid dienone is 3. The summed E-state index contributed by atoms with van der Waals surface area (Å²) in [5.41, 5.74) is -1.97. The second-order valence-corrected chi connectivity index (χ2v) is 14.7. The molecule has 1 amide bonds. The Bertz CT molecular complexity index is 1190. The molecule has 0 unspecified atom stereocenters. The summed E-state index contributed by atoms with van der Waals surface area (Å²) < 4.78 is 5.04. The Kier molecular flexibility index (Phi) is 5.81. The van der Waals surface area contributed by atoms with Gasteiger partial charge < -0.3 is 20.3 Å². The highest BCUT2D eigenvalue weighted by Crippen LogP contribution is 2.73. The maximum Gasteiger partial charge on any atom is 0.407 e. The van der Waals surface area contributed by atoms with E-state index in [-0.39, 0.29) is 51.2 Å². The highest BCUT2D eigenvalue weighted by molar-refractivity contribution is 5.95. The van der Waals surface area contributed by atoms with Crippen molar-refractivity contribution < 1.29 is 24.5 Å². The molecule has 5 rings (SSSR count). The molecule has 0 saturated heterocycles. The van der Waals surface area contributed by atoms with Crippen molar-refractivity contribution in [1.29, 1.82) is 0 Å². The molecule has 38 heavy (non-hydrogen) atoms. The number of carbonyl (C=O) groups is 2. The van der Waals surface area contributed by atoms with Crippen molar-refractivity contribution in [2.45, 2.75) is 104 Å². The van der Waals surface area contributed by atoms with Crippen LogP contribution in [-0.2, 0) is 9.53 Å². The van der Waals surface area contributed by atoms with Gasteiger partial charge >= 0.3 is 6.09 Å². The molecule has 0 aromatic heterocycles. The van der Waals surface area contributed by atoms with Gasteiger partial charge in [-0.3, -0.25) is 4.79 Å². The number of nitrogens with one attached hydrogen (secondary N) is 1. The zero-order valence-electron chi connectivity index (χ0n) is 24.0. The molecule has 3 fully saturated rings. The molecule has 0 heterocycles. The van der Waals surface area contributed by atoms with Crippen LogP contribution in [0.2, 0.25) is 0 Å². The molecule has 0 spiro atoms. The topological polar surface area (TPSA) is 100 Å². The molecule has 0 radical (unpaired) electrons. The summed E-state index contributed by atoms with van der Waals surface area (Å²) in [6.07, 6.45) is 7.49. The number of alkyl carbamates (subject to hydrolysis) is 1. The van der Waals surface area contributed by atoms with Gasteiger partial charge in [0.05, 0.1) is 13.7 Å². The lowest BCUT2D eigenvalue weighted by atomic mass is 9.35. The summed E-state index contributed by atoms with van der Waals surface area (Å²) in [6, 6.07) is 0. The molecule has 0 aliphatic heterocycles. The summed E-state index contributed by atoms with van der Waals surface area (Å²) in [6.45, 7) is 20.5. The van der Waals surface area contributed by atoms with Gasteiger partial charge in [0, 0.05) is 17.4 Å². The minimum atomic E-state index is -1.52. The first-order valence-electron chi connectivity index (χ1n) is 14.2. The van der Waals surface area contributed by atoms with Crippen molar-refractivity contribution in [2.75, 3.05) is 7.11 Å². The Morgan fingerprint density at radius 3 is 2.39 bits per heavy atom. The fourth-order valence-corrected chi connectivity index (χ4v) is 10.0. The highest BCUT2D eigenvalue weighted by Gasteiger charge is 2.70. The van der Waals surface area contributed by atoms with Crippen LogP contribution in [0.4, 0.5) is 4.79 Å². The van der Waals surface area contributed by atoms with Crippen LogP contribution in [-0.4, -0.2) is 40.3 Å². The maximum absolute atomic E-state index is 14.4. The molecule has 5 aliphatic carbocycles. The number of fused-ring (bicyclic) bond motifs is 7. The molecule has 5 aliphatic rings. The van der Waals surface area contributed by atoms with Gasteiger partial charge in [0.15, 0.2) is 5.78 Å². The zero-order chi connectivity index (χ0) is 28.1. The average molecular weight is 525 g/mol. The van der Waals surface area contributed by atoms with E-state index < -0.39 is 22.6 Å². The first kappa shape index (κ1) is 27.2. The number of amides is 1. The lowest BCUT2D eigenvalue weighted by Crippen LogP contribution is -2.70. The Balaban J connectivity index is 1.66. The number of ketones is 1. The third-order valence-electron chi connectivity index (χ3n) is 12.3. The largest absolute Gasteiger partial charge is 0.521 e. The molecule has 3 saturated carbocycles. The Labute approximate surface area is 226 Å². The Morgan fingerprint density at radius 1 is 1.11 bits per heavy atom. The second kappa shape index (κ2) is 8.10. The molecule has 3 N–H and O–H groups in total. The molecule has 8 atom stereocenters. The highest BCUT2D eigenvalue weighted by atomic mass is 16.5. The minimum absolute atomic E-state index is 0.00559.